The van der Waals surface area contributed by atoms with Gasteiger partial charge in [-0.05, 0) is 61.0 Å². The fraction of sp³-hybridized carbons (Fsp3) is 0.0952. The van der Waals surface area contributed by atoms with Crippen molar-refractivity contribution < 1.29 is 18.7 Å². The van der Waals surface area contributed by atoms with E-state index in [9.17, 15) is 13.6 Å². The van der Waals surface area contributed by atoms with Gasteiger partial charge in [-0.15, -0.1) is 0 Å². The summed E-state index contributed by atoms with van der Waals surface area (Å²) in [5.41, 5.74) is 1.57. The summed E-state index contributed by atoms with van der Waals surface area (Å²) in [5.74, 6) is -4.20. The quantitative estimate of drug-likeness (QED) is 0.467. The van der Waals surface area contributed by atoms with Gasteiger partial charge in [0.05, 0.1) is 16.3 Å². The molecule has 150 valence electrons. The van der Waals surface area contributed by atoms with E-state index in [1.54, 1.807) is 19.2 Å². The van der Waals surface area contributed by atoms with E-state index in [-0.39, 0.29) is 10.6 Å². The number of anilines is 2. The minimum Gasteiger partial charge on any atom is -0.478 e. The van der Waals surface area contributed by atoms with Gasteiger partial charge in [-0.3, -0.25) is 4.72 Å². The first kappa shape index (κ1) is 21.1. The van der Waals surface area contributed by atoms with Crippen LogP contribution in [0.25, 0.3) is 11.1 Å². The maximum atomic E-state index is 14.0. The molecule has 0 aromatic heterocycles. The van der Waals surface area contributed by atoms with Crippen molar-refractivity contribution in [2.24, 2.45) is 0 Å². The van der Waals surface area contributed by atoms with E-state index in [1.165, 1.54) is 11.9 Å². The molecule has 3 aromatic carbocycles. The van der Waals surface area contributed by atoms with Crippen molar-refractivity contribution in [3.63, 3.8) is 0 Å². The van der Waals surface area contributed by atoms with Crippen LogP contribution in [0, 0.1) is 11.6 Å². The van der Waals surface area contributed by atoms with Crippen LogP contribution in [0.2, 0.25) is 5.02 Å². The zero-order valence-electron chi connectivity index (χ0n) is 15.5. The van der Waals surface area contributed by atoms with E-state index in [0.29, 0.717) is 5.56 Å². The summed E-state index contributed by atoms with van der Waals surface area (Å²) in [6, 6.07) is 15.1. The van der Waals surface area contributed by atoms with Crippen molar-refractivity contribution in [1.82, 2.24) is 4.72 Å². The lowest BCUT2D eigenvalue weighted by Crippen LogP contribution is -2.11. The van der Waals surface area contributed by atoms with Gasteiger partial charge in [0, 0.05) is 23.2 Å². The van der Waals surface area contributed by atoms with E-state index in [1.807, 2.05) is 42.3 Å². The van der Waals surface area contributed by atoms with Crippen molar-refractivity contribution in [2.45, 2.75) is 4.90 Å². The summed E-state index contributed by atoms with van der Waals surface area (Å²) in [6.45, 7) is 0. The van der Waals surface area contributed by atoms with E-state index in [2.05, 4.69) is 4.72 Å². The fourth-order valence-corrected chi connectivity index (χ4v) is 3.87. The van der Waals surface area contributed by atoms with Crippen LogP contribution in [-0.2, 0) is 0 Å². The Hall–Kier alpha value is -2.61. The lowest BCUT2D eigenvalue weighted by Gasteiger charge is -2.23. The molecule has 0 saturated carbocycles. The topological polar surface area (TPSA) is 52.6 Å². The number of carboxylic acid groups (broad SMARTS) is 1. The molecule has 0 unspecified atom stereocenters. The fourth-order valence-electron chi connectivity index (χ4n) is 2.91. The molecular formula is C21H17ClF2N2O2S. The highest BCUT2D eigenvalue weighted by molar-refractivity contribution is 7.97. The Kier molecular flexibility index (Phi) is 6.42. The summed E-state index contributed by atoms with van der Waals surface area (Å²) < 4.78 is 30.8. The number of hydrogen-bond acceptors (Lipinski definition) is 4. The predicted octanol–water partition coefficient (Wildman–Crippen LogP) is 5.98. The third-order valence-electron chi connectivity index (χ3n) is 4.34. The summed E-state index contributed by atoms with van der Waals surface area (Å²) in [5, 5.41) is 9.44. The summed E-state index contributed by atoms with van der Waals surface area (Å²) in [6.07, 6.45) is 0. The van der Waals surface area contributed by atoms with Crippen LogP contribution in [0.1, 0.15) is 10.4 Å². The van der Waals surface area contributed by atoms with Crippen LogP contribution in [0.15, 0.2) is 59.5 Å². The molecule has 2 N–H and O–H groups in total. The number of rotatable bonds is 6. The molecule has 0 bridgehead atoms. The monoisotopic (exact) mass is 434 g/mol. The first-order chi connectivity index (χ1) is 13.8. The Labute approximate surface area is 176 Å². The maximum Gasteiger partial charge on any atom is 0.338 e. The highest BCUT2D eigenvalue weighted by Crippen LogP contribution is 2.40. The van der Waals surface area contributed by atoms with Crippen LogP contribution in [0.4, 0.5) is 20.2 Å². The third kappa shape index (κ3) is 4.37. The second-order valence-electron chi connectivity index (χ2n) is 6.13. The van der Waals surface area contributed by atoms with Crippen molar-refractivity contribution >= 4 is 40.9 Å². The van der Waals surface area contributed by atoms with Gasteiger partial charge >= 0.3 is 5.97 Å². The average Bonchev–Trinajstić information content (AvgIpc) is 2.71. The third-order valence-corrected chi connectivity index (χ3v) is 5.40. The molecule has 3 aromatic rings. The number of benzene rings is 3. The molecular weight excluding hydrogens is 418 g/mol. The van der Waals surface area contributed by atoms with Gasteiger partial charge in [-0.2, -0.15) is 0 Å². The van der Waals surface area contributed by atoms with Crippen molar-refractivity contribution in [2.75, 3.05) is 19.0 Å². The van der Waals surface area contributed by atoms with Crippen molar-refractivity contribution in [3.8, 4) is 11.1 Å². The van der Waals surface area contributed by atoms with Gasteiger partial charge in [-0.25, -0.2) is 13.6 Å². The molecule has 0 aliphatic rings. The summed E-state index contributed by atoms with van der Waals surface area (Å²) in [7, 11) is 3.64. The Morgan fingerprint density at radius 2 is 1.83 bits per heavy atom. The number of aromatic carboxylic acids is 1. The van der Waals surface area contributed by atoms with Crippen molar-refractivity contribution in [1.29, 1.82) is 0 Å². The molecule has 4 nitrogen and oxygen atoms in total. The van der Waals surface area contributed by atoms with Crippen LogP contribution in [0.3, 0.4) is 0 Å². The standard InChI is InChI=1S/C21H17ClF2N2O2S/c1-25-29-19-10-14(12-8-15(21(27)28)20(24)17(23)9-12)16(22)11-18(19)26(2)13-6-4-3-5-7-13/h3-11,25H,1-2H3,(H,27,28). The van der Waals surface area contributed by atoms with Crippen LogP contribution < -0.4 is 9.62 Å². The number of hydrogen-bond donors (Lipinski definition) is 2. The Balaban J connectivity index is 2.16. The highest BCUT2D eigenvalue weighted by atomic mass is 35.5. The second kappa shape index (κ2) is 8.82. The Morgan fingerprint density at radius 3 is 2.45 bits per heavy atom. The maximum absolute atomic E-state index is 14.0. The molecule has 0 saturated heterocycles. The molecule has 0 aliphatic heterocycles. The Morgan fingerprint density at radius 1 is 1.14 bits per heavy atom. The van der Waals surface area contributed by atoms with Crippen LogP contribution >= 0.6 is 23.5 Å². The predicted molar refractivity (Wildman–Crippen MR) is 113 cm³/mol. The number of nitrogens with one attached hydrogen (secondary N) is 1. The van der Waals surface area contributed by atoms with Gasteiger partial charge < -0.3 is 10.0 Å². The summed E-state index contributed by atoms with van der Waals surface area (Å²) >= 11 is 7.80. The lowest BCUT2D eigenvalue weighted by atomic mass is 10.0. The zero-order valence-corrected chi connectivity index (χ0v) is 17.1. The molecule has 0 aliphatic carbocycles. The molecule has 3 rings (SSSR count). The SMILES string of the molecule is CNSc1cc(-c2cc(F)c(F)c(C(=O)O)c2)c(Cl)cc1N(C)c1ccccc1. The normalized spacial score (nSPS) is 10.8. The van der Waals surface area contributed by atoms with Crippen LogP contribution in [-0.4, -0.2) is 25.2 Å². The first-order valence-corrected chi connectivity index (χ1v) is 9.71. The molecule has 0 amide bonds. The molecule has 0 spiro atoms. The van der Waals surface area contributed by atoms with Gasteiger partial charge in [0.25, 0.3) is 0 Å². The minimum atomic E-state index is -1.55. The smallest absolute Gasteiger partial charge is 0.338 e. The van der Waals surface area contributed by atoms with E-state index in [0.717, 1.165) is 28.4 Å². The number of carboxylic acids is 1. The Bertz CT molecular complexity index is 1060. The number of carbonyl (C=O) groups is 1. The number of para-hydroxylation sites is 1. The van der Waals surface area contributed by atoms with E-state index in [4.69, 9.17) is 16.7 Å². The first-order valence-electron chi connectivity index (χ1n) is 8.52. The largest absolute Gasteiger partial charge is 0.478 e. The molecule has 0 atom stereocenters. The number of nitrogens with zero attached hydrogens (tertiary/aromatic N) is 1. The average molecular weight is 435 g/mol. The molecule has 0 fully saturated rings. The molecule has 0 radical (unpaired) electrons. The van der Waals surface area contributed by atoms with Gasteiger partial charge in [-0.1, -0.05) is 29.8 Å². The van der Waals surface area contributed by atoms with E-state index >= 15 is 0 Å². The molecule has 0 heterocycles. The minimum absolute atomic E-state index is 0.179. The van der Waals surface area contributed by atoms with Gasteiger partial charge in [0.15, 0.2) is 11.6 Å². The second-order valence-corrected chi connectivity index (χ2v) is 7.58. The molecule has 8 heteroatoms. The van der Waals surface area contributed by atoms with E-state index < -0.39 is 23.2 Å². The van der Waals surface area contributed by atoms with Crippen molar-refractivity contribution in [3.05, 3.63) is 76.8 Å². The van der Waals surface area contributed by atoms with Gasteiger partial charge in [0.1, 0.15) is 0 Å². The van der Waals surface area contributed by atoms with Crippen LogP contribution in [0.5, 0.6) is 0 Å². The highest BCUT2D eigenvalue weighted by Gasteiger charge is 2.20. The lowest BCUT2D eigenvalue weighted by molar-refractivity contribution is 0.0690. The summed E-state index contributed by atoms with van der Waals surface area (Å²) in [4.78, 5) is 14.0. The molecule has 29 heavy (non-hydrogen) atoms. The van der Waals surface area contributed by atoms with Gasteiger partial charge in [0.2, 0.25) is 0 Å². The number of halogens is 3. The zero-order chi connectivity index (χ0) is 21.1.